The van der Waals surface area contributed by atoms with Crippen LogP contribution in [0, 0.1) is 0 Å². The van der Waals surface area contributed by atoms with Gasteiger partial charge in [0, 0.05) is 35.3 Å². The van der Waals surface area contributed by atoms with E-state index >= 15 is 0 Å². The molecule has 1 aromatic heterocycles. The number of anilines is 1. The first-order chi connectivity index (χ1) is 9.81. The third-order valence-corrected chi connectivity index (χ3v) is 4.26. The monoisotopic (exact) mass is 323 g/mol. The number of amides is 1. The molecule has 1 saturated heterocycles. The molecule has 3 rings (SSSR count). The van der Waals surface area contributed by atoms with Crippen molar-refractivity contribution in [3.63, 3.8) is 0 Å². The fraction of sp³-hybridized carbons (Fsp3) is 0.333. The van der Waals surface area contributed by atoms with Gasteiger partial charge >= 0.3 is 0 Å². The van der Waals surface area contributed by atoms with E-state index in [1.54, 1.807) is 17.5 Å². The van der Waals surface area contributed by atoms with Crippen molar-refractivity contribution in [3.05, 3.63) is 35.8 Å². The molecule has 1 amide bonds. The molecular weight excluding hydrogens is 306 g/mol. The van der Waals surface area contributed by atoms with Crippen molar-refractivity contribution in [1.82, 2.24) is 10.3 Å². The average molecular weight is 324 g/mol. The normalized spacial score (nSPS) is 17.2. The van der Waals surface area contributed by atoms with Gasteiger partial charge in [0.25, 0.3) is 0 Å². The number of carbonyl (C=O) groups is 1. The summed E-state index contributed by atoms with van der Waals surface area (Å²) in [5, 5.41) is 9.23. The SMILES string of the molecule is Cl.O=C(CC1CCCN1)Nc1ccc(-c2nccs2)cc1. The molecule has 112 valence electrons. The topological polar surface area (TPSA) is 54.0 Å². The molecule has 2 aromatic rings. The van der Waals surface area contributed by atoms with Crippen molar-refractivity contribution in [2.75, 3.05) is 11.9 Å². The molecule has 1 aromatic carbocycles. The number of carbonyl (C=O) groups excluding carboxylic acids is 1. The quantitative estimate of drug-likeness (QED) is 0.907. The predicted molar refractivity (Wildman–Crippen MR) is 89.1 cm³/mol. The number of nitrogens with one attached hydrogen (secondary N) is 2. The molecule has 2 heterocycles. The van der Waals surface area contributed by atoms with Crippen LogP contribution in [0.1, 0.15) is 19.3 Å². The van der Waals surface area contributed by atoms with Crippen LogP contribution >= 0.6 is 23.7 Å². The van der Waals surface area contributed by atoms with Crippen LogP contribution in [0.4, 0.5) is 5.69 Å². The Bertz CT molecular complexity index is 565. The number of halogens is 1. The van der Waals surface area contributed by atoms with Gasteiger partial charge in [-0.3, -0.25) is 4.79 Å². The van der Waals surface area contributed by atoms with Crippen LogP contribution in [0.2, 0.25) is 0 Å². The Morgan fingerprint density at radius 2 is 2.19 bits per heavy atom. The van der Waals surface area contributed by atoms with Gasteiger partial charge in [0.15, 0.2) is 0 Å². The summed E-state index contributed by atoms with van der Waals surface area (Å²) in [6, 6.07) is 8.17. The third-order valence-electron chi connectivity index (χ3n) is 3.44. The van der Waals surface area contributed by atoms with E-state index in [2.05, 4.69) is 15.6 Å². The van der Waals surface area contributed by atoms with Gasteiger partial charge in [0.2, 0.25) is 5.91 Å². The Morgan fingerprint density at radius 3 is 2.81 bits per heavy atom. The highest BCUT2D eigenvalue weighted by atomic mass is 35.5. The third kappa shape index (κ3) is 4.27. The molecule has 1 atom stereocenters. The fourth-order valence-electron chi connectivity index (χ4n) is 2.43. The highest BCUT2D eigenvalue weighted by Crippen LogP contribution is 2.23. The average Bonchev–Trinajstić information content (AvgIpc) is 3.12. The number of thiazole rings is 1. The zero-order valence-electron chi connectivity index (χ0n) is 11.5. The van der Waals surface area contributed by atoms with Crippen molar-refractivity contribution in [2.45, 2.75) is 25.3 Å². The van der Waals surface area contributed by atoms with E-state index in [-0.39, 0.29) is 18.3 Å². The molecule has 0 saturated carbocycles. The van der Waals surface area contributed by atoms with Crippen molar-refractivity contribution in [2.24, 2.45) is 0 Å². The molecule has 0 spiro atoms. The summed E-state index contributed by atoms with van der Waals surface area (Å²) in [7, 11) is 0. The molecule has 1 aliphatic rings. The lowest BCUT2D eigenvalue weighted by atomic mass is 10.1. The van der Waals surface area contributed by atoms with Crippen LogP contribution in [0.3, 0.4) is 0 Å². The number of rotatable bonds is 4. The molecule has 6 heteroatoms. The van der Waals surface area contributed by atoms with Gasteiger partial charge in [-0.25, -0.2) is 4.98 Å². The first-order valence-electron chi connectivity index (χ1n) is 6.84. The highest BCUT2D eigenvalue weighted by molar-refractivity contribution is 7.13. The van der Waals surface area contributed by atoms with Crippen molar-refractivity contribution in [3.8, 4) is 10.6 Å². The lowest BCUT2D eigenvalue weighted by molar-refractivity contribution is -0.116. The van der Waals surface area contributed by atoms with E-state index in [1.165, 1.54) is 6.42 Å². The molecule has 0 aliphatic carbocycles. The van der Waals surface area contributed by atoms with E-state index < -0.39 is 0 Å². The molecule has 4 nitrogen and oxygen atoms in total. The van der Waals surface area contributed by atoms with Gasteiger partial charge in [0.1, 0.15) is 5.01 Å². The Morgan fingerprint density at radius 1 is 1.38 bits per heavy atom. The summed E-state index contributed by atoms with van der Waals surface area (Å²) < 4.78 is 0. The summed E-state index contributed by atoms with van der Waals surface area (Å²) in [5.74, 6) is 0.0754. The van der Waals surface area contributed by atoms with Gasteiger partial charge in [-0.1, -0.05) is 0 Å². The minimum atomic E-state index is 0. The van der Waals surface area contributed by atoms with Crippen molar-refractivity contribution >= 4 is 35.3 Å². The summed E-state index contributed by atoms with van der Waals surface area (Å²) in [4.78, 5) is 16.2. The second-order valence-electron chi connectivity index (χ2n) is 4.96. The molecule has 0 radical (unpaired) electrons. The molecule has 0 bridgehead atoms. The van der Waals surface area contributed by atoms with Crippen LogP contribution in [0.25, 0.3) is 10.6 Å². The number of aromatic nitrogens is 1. The number of nitrogens with zero attached hydrogens (tertiary/aromatic N) is 1. The minimum absolute atomic E-state index is 0. The summed E-state index contributed by atoms with van der Waals surface area (Å²) in [6.45, 7) is 1.03. The van der Waals surface area contributed by atoms with E-state index in [0.29, 0.717) is 12.5 Å². The van der Waals surface area contributed by atoms with Crippen LogP contribution in [0.5, 0.6) is 0 Å². The second-order valence-corrected chi connectivity index (χ2v) is 5.85. The fourth-order valence-corrected chi connectivity index (χ4v) is 3.07. The van der Waals surface area contributed by atoms with Crippen LogP contribution in [-0.4, -0.2) is 23.5 Å². The van der Waals surface area contributed by atoms with Crippen LogP contribution < -0.4 is 10.6 Å². The van der Waals surface area contributed by atoms with Gasteiger partial charge in [-0.2, -0.15) is 0 Å². The zero-order valence-corrected chi connectivity index (χ0v) is 13.2. The largest absolute Gasteiger partial charge is 0.326 e. The summed E-state index contributed by atoms with van der Waals surface area (Å²) in [5.41, 5.74) is 1.92. The molecule has 21 heavy (non-hydrogen) atoms. The number of benzene rings is 1. The molecular formula is C15H18ClN3OS. The van der Waals surface area contributed by atoms with E-state index in [4.69, 9.17) is 0 Å². The maximum atomic E-state index is 11.9. The van der Waals surface area contributed by atoms with E-state index in [1.807, 2.05) is 29.6 Å². The predicted octanol–water partition coefficient (Wildman–Crippen LogP) is 3.31. The Balaban J connectivity index is 0.00000161. The smallest absolute Gasteiger partial charge is 0.225 e. The second kappa shape index (κ2) is 7.54. The standard InChI is InChI=1S/C15H17N3OS.ClH/c19-14(10-13-2-1-7-16-13)18-12-5-3-11(4-6-12)15-17-8-9-20-15;/h3-6,8-9,13,16H,1-2,7,10H2,(H,18,19);1H. The maximum Gasteiger partial charge on any atom is 0.225 e. The Hall–Kier alpha value is -1.43. The summed E-state index contributed by atoms with van der Waals surface area (Å²) in [6.07, 6.45) is 4.61. The lowest BCUT2D eigenvalue weighted by Gasteiger charge is -2.10. The van der Waals surface area contributed by atoms with Gasteiger partial charge < -0.3 is 10.6 Å². The zero-order chi connectivity index (χ0) is 13.8. The van der Waals surface area contributed by atoms with Crippen LogP contribution in [0.15, 0.2) is 35.8 Å². The molecule has 1 fully saturated rings. The first kappa shape index (κ1) is 15.9. The van der Waals surface area contributed by atoms with E-state index in [9.17, 15) is 4.79 Å². The summed E-state index contributed by atoms with van der Waals surface area (Å²) >= 11 is 1.61. The van der Waals surface area contributed by atoms with Gasteiger partial charge in [-0.05, 0) is 43.7 Å². The number of hydrogen-bond donors (Lipinski definition) is 2. The minimum Gasteiger partial charge on any atom is -0.326 e. The van der Waals surface area contributed by atoms with Gasteiger partial charge in [-0.15, -0.1) is 23.7 Å². The lowest BCUT2D eigenvalue weighted by Crippen LogP contribution is -2.27. The molecule has 1 aliphatic heterocycles. The van der Waals surface area contributed by atoms with Crippen molar-refractivity contribution < 1.29 is 4.79 Å². The molecule has 1 unspecified atom stereocenters. The van der Waals surface area contributed by atoms with Crippen molar-refractivity contribution in [1.29, 1.82) is 0 Å². The highest BCUT2D eigenvalue weighted by Gasteiger charge is 2.17. The number of hydrogen-bond acceptors (Lipinski definition) is 4. The maximum absolute atomic E-state index is 11.9. The van der Waals surface area contributed by atoms with Crippen LogP contribution in [-0.2, 0) is 4.79 Å². The van der Waals surface area contributed by atoms with E-state index in [0.717, 1.165) is 29.2 Å². The first-order valence-corrected chi connectivity index (χ1v) is 7.72. The Labute approximate surface area is 134 Å². The Kier molecular flexibility index (Phi) is 5.73. The molecule has 2 N–H and O–H groups in total. The van der Waals surface area contributed by atoms with Gasteiger partial charge in [0.05, 0.1) is 0 Å².